The number of hydrogen-bond acceptors (Lipinski definition) is 6. The number of nitrogen functional groups attached to an aromatic ring is 1. The van der Waals surface area contributed by atoms with Crippen molar-refractivity contribution in [2.24, 2.45) is 5.73 Å². The van der Waals surface area contributed by atoms with E-state index in [1.165, 1.54) is 13.2 Å². The number of amidine groups is 1. The Morgan fingerprint density at radius 1 is 0.971 bits per heavy atom. The van der Waals surface area contributed by atoms with Crippen LogP contribution in [0.2, 0.25) is 0 Å². The van der Waals surface area contributed by atoms with E-state index >= 15 is 0 Å². The van der Waals surface area contributed by atoms with Crippen molar-refractivity contribution in [1.29, 1.82) is 5.41 Å². The predicted molar refractivity (Wildman–Crippen MR) is 128 cm³/mol. The number of carbonyl (C=O) groups is 2. The summed E-state index contributed by atoms with van der Waals surface area (Å²) in [4.78, 5) is 24.6. The Morgan fingerprint density at radius 3 is 2.06 bits per heavy atom. The molecule has 0 atom stereocenters. The van der Waals surface area contributed by atoms with Crippen molar-refractivity contribution in [3.05, 3.63) is 83.4 Å². The van der Waals surface area contributed by atoms with Crippen molar-refractivity contribution < 1.29 is 32.4 Å². The lowest BCUT2D eigenvalue weighted by atomic mass is 9.94. The van der Waals surface area contributed by atoms with Gasteiger partial charge in [0.1, 0.15) is 11.6 Å². The Kier molecular flexibility index (Phi) is 8.48. The number of hydrogen-bond donors (Lipinski definition) is 5. The number of carboxylic acid groups (broad SMARTS) is 1. The van der Waals surface area contributed by atoms with Crippen LogP contribution in [0.4, 0.5) is 5.69 Å². The van der Waals surface area contributed by atoms with Gasteiger partial charge in [-0.3, -0.25) is 14.8 Å². The zero-order valence-electron chi connectivity index (χ0n) is 18.3. The van der Waals surface area contributed by atoms with Crippen LogP contribution in [-0.2, 0) is 10.1 Å². The molecule has 0 aliphatic carbocycles. The maximum atomic E-state index is 12.9. The highest BCUT2D eigenvalue weighted by Crippen LogP contribution is 2.30. The molecule has 0 saturated carbocycles. The maximum absolute atomic E-state index is 12.9. The average molecular weight is 486 g/mol. The molecule has 3 aromatic carbocycles. The molecule has 10 nitrogen and oxygen atoms in total. The topological polar surface area (TPSA) is 180 Å². The summed E-state index contributed by atoms with van der Waals surface area (Å²) in [6.45, 7) is 0. The van der Waals surface area contributed by atoms with E-state index in [0.29, 0.717) is 39.9 Å². The highest BCUT2D eigenvalue weighted by Gasteiger charge is 2.19. The highest BCUT2D eigenvalue weighted by atomic mass is 32.2. The first-order valence-corrected chi connectivity index (χ1v) is 11.4. The van der Waals surface area contributed by atoms with Crippen molar-refractivity contribution in [2.45, 2.75) is 0 Å². The predicted octanol–water partition coefficient (Wildman–Crippen LogP) is 3.10. The molecule has 3 aromatic rings. The van der Waals surface area contributed by atoms with Crippen molar-refractivity contribution in [3.8, 4) is 16.9 Å². The fourth-order valence-corrected chi connectivity index (χ4v) is 2.91. The first-order valence-electron chi connectivity index (χ1n) is 9.59. The van der Waals surface area contributed by atoms with Gasteiger partial charge in [-0.25, -0.2) is 4.79 Å². The van der Waals surface area contributed by atoms with Gasteiger partial charge in [-0.15, -0.1) is 0 Å². The molecular formula is C23H23N3O7S. The highest BCUT2D eigenvalue weighted by molar-refractivity contribution is 7.85. The smallest absolute Gasteiger partial charge is 0.336 e. The zero-order valence-corrected chi connectivity index (χ0v) is 19.1. The van der Waals surface area contributed by atoms with E-state index in [0.717, 1.165) is 0 Å². The van der Waals surface area contributed by atoms with Gasteiger partial charge >= 0.3 is 5.97 Å². The van der Waals surface area contributed by atoms with Crippen LogP contribution in [0.3, 0.4) is 0 Å². The number of ether oxygens (including phenoxy) is 1. The maximum Gasteiger partial charge on any atom is 0.336 e. The largest absolute Gasteiger partial charge is 0.497 e. The number of nitrogens with one attached hydrogen (secondary N) is 2. The first-order chi connectivity index (χ1) is 15.9. The van der Waals surface area contributed by atoms with Crippen LogP contribution in [0.1, 0.15) is 26.3 Å². The van der Waals surface area contributed by atoms with Gasteiger partial charge in [0.05, 0.1) is 18.9 Å². The van der Waals surface area contributed by atoms with Gasteiger partial charge < -0.3 is 20.9 Å². The quantitative estimate of drug-likeness (QED) is 0.201. The monoisotopic (exact) mass is 485 g/mol. The Labute approximate surface area is 196 Å². The number of carbonyl (C=O) groups excluding carboxylic acids is 1. The van der Waals surface area contributed by atoms with Gasteiger partial charge in [0.15, 0.2) is 0 Å². The van der Waals surface area contributed by atoms with Crippen LogP contribution in [-0.4, -0.2) is 49.2 Å². The second-order valence-electron chi connectivity index (χ2n) is 6.94. The Morgan fingerprint density at radius 2 is 1.53 bits per heavy atom. The third-order valence-electron chi connectivity index (χ3n) is 4.37. The number of methoxy groups -OCH3 is 1. The molecule has 1 amide bonds. The van der Waals surface area contributed by atoms with E-state index in [1.807, 2.05) is 0 Å². The molecule has 0 aromatic heterocycles. The summed E-state index contributed by atoms with van der Waals surface area (Å²) < 4.78 is 31.0. The van der Waals surface area contributed by atoms with Crippen molar-refractivity contribution >= 4 is 33.5 Å². The summed E-state index contributed by atoms with van der Waals surface area (Å²) in [7, 11) is -2.21. The minimum absolute atomic E-state index is 0.0374. The summed E-state index contributed by atoms with van der Waals surface area (Å²) in [6, 6.07) is 18.0. The third-order valence-corrected chi connectivity index (χ3v) is 4.37. The van der Waals surface area contributed by atoms with Gasteiger partial charge in [-0.05, 0) is 59.7 Å². The van der Waals surface area contributed by atoms with Crippen LogP contribution < -0.4 is 15.8 Å². The van der Waals surface area contributed by atoms with Crippen LogP contribution in [0, 0.1) is 5.41 Å². The molecule has 178 valence electrons. The van der Waals surface area contributed by atoms with Crippen LogP contribution >= 0.6 is 0 Å². The SMILES string of the molecule is COc1ccc(-c2ccccc2C(=O)Nc2ccc(C(=N)N)cc2)c(C(=O)O)c1.CS(=O)(=O)O. The number of carboxylic acids is 1. The van der Waals surface area contributed by atoms with Crippen molar-refractivity contribution in [3.63, 3.8) is 0 Å². The third kappa shape index (κ3) is 7.43. The van der Waals surface area contributed by atoms with Crippen LogP contribution in [0.15, 0.2) is 66.7 Å². The summed E-state index contributed by atoms with van der Waals surface area (Å²) in [5.74, 6) is -1.15. The summed E-state index contributed by atoms with van der Waals surface area (Å²) >= 11 is 0. The Balaban J connectivity index is 0.000000739. The molecule has 11 heteroatoms. The van der Waals surface area contributed by atoms with Gasteiger partial charge in [-0.1, -0.05) is 18.2 Å². The van der Waals surface area contributed by atoms with E-state index in [2.05, 4.69) is 5.32 Å². The minimum Gasteiger partial charge on any atom is -0.497 e. The second-order valence-corrected chi connectivity index (χ2v) is 8.41. The lowest BCUT2D eigenvalue weighted by Gasteiger charge is -2.13. The molecular weight excluding hydrogens is 462 g/mol. The fraction of sp³-hybridized carbons (Fsp3) is 0.0870. The molecule has 0 aliphatic heterocycles. The zero-order chi connectivity index (χ0) is 25.5. The van der Waals surface area contributed by atoms with Gasteiger partial charge in [0.25, 0.3) is 16.0 Å². The van der Waals surface area contributed by atoms with Gasteiger partial charge in [0.2, 0.25) is 0 Å². The number of anilines is 1. The summed E-state index contributed by atoms with van der Waals surface area (Å²) in [5.41, 5.74) is 7.79. The number of rotatable bonds is 6. The first kappa shape index (κ1) is 26.0. The molecule has 0 radical (unpaired) electrons. The Hall–Kier alpha value is -4.22. The van der Waals surface area contributed by atoms with E-state index in [-0.39, 0.29) is 17.3 Å². The van der Waals surface area contributed by atoms with E-state index in [9.17, 15) is 23.1 Å². The number of benzene rings is 3. The van der Waals surface area contributed by atoms with E-state index in [1.54, 1.807) is 60.7 Å². The average Bonchev–Trinajstić information content (AvgIpc) is 2.77. The van der Waals surface area contributed by atoms with E-state index in [4.69, 9.17) is 20.4 Å². The molecule has 34 heavy (non-hydrogen) atoms. The normalized spacial score (nSPS) is 10.4. The summed E-state index contributed by atoms with van der Waals surface area (Å²) in [5, 5.41) is 19.8. The lowest BCUT2D eigenvalue weighted by molar-refractivity contribution is 0.0697. The molecule has 0 aliphatic rings. The van der Waals surface area contributed by atoms with Crippen molar-refractivity contribution in [2.75, 3.05) is 18.7 Å². The number of amides is 1. The molecule has 0 heterocycles. The molecule has 0 bridgehead atoms. The lowest BCUT2D eigenvalue weighted by Crippen LogP contribution is -2.14. The van der Waals surface area contributed by atoms with Crippen LogP contribution in [0.25, 0.3) is 11.1 Å². The summed E-state index contributed by atoms with van der Waals surface area (Å²) in [6.07, 6.45) is 0.715. The van der Waals surface area contributed by atoms with Gasteiger partial charge in [-0.2, -0.15) is 8.42 Å². The van der Waals surface area contributed by atoms with Crippen molar-refractivity contribution in [1.82, 2.24) is 0 Å². The second kappa shape index (κ2) is 11.1. The molecule has 0 unspecified atom stereocenters. The molecule has 0 saturated heterocycles. The molecule has 0 fully saturated rings. The van der Waals surface area contributed by atoms with Crippen LogP contribution in [0.5, 0.6) is 5.75 Å². The van der Waals surface area contributed by atoms with E-state index < -0.39 is 16.1 Å². The molecule has 3 rings (SSSR count). The Bertz CT molecular complexity index is 1310. The minimum atomic E-state index is -3.67. The fourth-order valence-electron chi connectivity index (χ4n) is 2.91. The number of nitrogens with two attached hydrogens (primary N) is 1. The molecule has 6 N–H and O–H groups in total. The number of aromatic carboxylic acids is 1. The molecule has 0 spiro atoms. The van der Waals surface area contributed by atoms with Gasteiger partial charge in [0, 0.05) is 16.8 Å². The standard InChI is InChI=1S/C22H19N3O4.CH4O3S/c1-29-15-10-11-17(19(12-15)22(27)28)16-4-2-3-5-18(16)21(26)25-14-8-6-13(7-9-14)20(23)24;1-5(2,3)4/h2-12H,1H3,(H3,23,24)(H,25,26)(H,27,28);1H3,(H,2,3,4).